The Labute approximate surface area is 80.8 Å². The SMILES string of the molecule is CC.CC1C=CC2C=CC=CC2O1. The van der Waals surface area contributed by atoms with E-state index in [1.54, 1.807) is 0 Å². The van der Waals surface area contributed by atoms with Crippen molar-refractivity contribution in [1.29, 1.82) is 0 Å². The monoisotopic (exact) mass is 178 g/mol. The first kappa shape index (κ1) is 10.3. The molecule has 2 rings (SSSR count). The van der Waals surface area contributed by atoms with Crippen LogP contribution in [0.15, 0.2) is 36.5 Å². The second-order valence-electron chi connectivity index (χ2n) is 3.04. The van der Waals surface area contributed by atoms with Crippen LogP contribution in [0.4, 0.5) is 0 Å². The quantitative estimate of drug-likeness (QED) is 0.518. The fraction of sp³-hybridized carbons (Fsp3) is 0.500. The van der Waals surface area contributed by atoms with Gasteiger partial charge in [-0.05, 0) is 6.92 Å². The van der Waals surface area contributed by atoms with E-state index in [-0.39, 0.29) is 12.2 Å². The molecule has 0 bridgehead atoms. The number of fused-ring (bicyclic) bond motifs is 1. The summed E-state index contributed by atoms with van der Waals surface area (Å²) in [5, 5.41) is 0. The summed E-state index contributed by atoms with van der Waals surface area (Å²) in [6, 6.07) is 0. The van der Waals surface area contributed by atoms with E-state index in [0.29, 0.717) is 5.92 Å². The van der Waals surface area contributed by atoms with Gasteiger partial charge in [0.15, 0.2) is 0 Å². The third-order valence-electron chi connectivity index (χ3n) is 2.10. The van der Waals surface area contributed by atoms with Gasteiger partial charge in [-0.3, -0.25) is 0 Å². The largest absolute Gasteiger partial charge is 0.366 e. The first-order valence-electron chi connectivity index (χ1n) is 5.05. The Bertz CT molecular complexity index is 225. The average Bonchev–Trinajstić information content (AvgIpc) is 2.21. The summed E-state index contributed by atoms with van der Waals surface area (Å²) >= 11 is 0. The van der Waals surface area contributed by atoms with Crippen molar-refractivity contribution in [2.24, 2.45) is 5.92 Å². The van der Waals surface area contributed by atoms with Crippen LogP contribution in [0.5, 0.6) is 0 Å². The van der Waals surface area contributed by atoms with Crippen LogP contribution in [0.3, 0.4) is 0 Å². The van der Waals surface area contributed by atoms with Crippen molar-refractivity contribution < 1.29 is 4.74 Å². The molecule has 0 saturated heterocycles. The lowest BCUT2D eigenvalue weighted by Gasteiger charge is -2.28. The van der Waals surface area contributed by atoms with Crippen LogP contribution < -0.4 is 0 Å². The average molecular weight is 178 g/mol. The van der Waals surface area contributed by atoms with Crippen LogP contribution in [0.25, 0.3) is 0 Å². The van der Waals surface area contributed by atoms with Gasteiger partial charge in [-0.1, -0.05) is 50.3 Å². The van der Waals surface area contributed by atoms with Crippen molar-refractivity contribution in [2.75, 3.05) is 0 Å². The van der Waals surface area contributed by atoms with E-state index in [9.17, 15) is 0 Å². The lowest BCUT2D eigenvalue weighted by Crippen LogP contribution is -2.28. The Morgan fingerprint density at radius 2 is 1.62 bits per heavy atom. The van der Waals surface area contributed by atoms with Crippen molar-refractivity contribution in [3.8, 4) is 0 Å². The normalized spacial score (nSPS) is 34.8. The molecule has 0 aromatic heterocycles. The molecule has 72 valence electrons. The van der Waals surface area contributed by atoms with Gasteiger partial charge in [-0.25, -0.2) is 0 Å². The third kappa shape index (κ3) is 2.56. The minimum atomic E-state index is 0.271. The molecule has 0 fully saturated rings. The molecular weight excluding hydrogens is 160 g/mol. The Morgan fingerprint density at radius 1 is 0.923 bits per heavy atom. The smallest absolute Gasteiger partial charge is 0.0864 e. The summed E-state index contributed by atoms with van der Waals surface area (Å²) < 4.78 is 5.67. The van der Waals surface area contributed by atoms with Crippen LogP contribution >= 0.6 is 0 Å². The summed E-state index contributed by atoms with van der Waals surface area (Å²) in [6.07, 6.45) is 13.3. The number of ether oxygens (including phenoxy) is 1. The number of hydrogen-bond donors (Lipinski definition) is 0. The molecule has 1 heteroatoms. The van der Waals surface area contributed by atoms with Gasteiger partial charge in [0.1, 0.15) is 0 Å². The molecule has 0 aromatic rings. The van der Waals surface area contributed by atoms with Gasteiger partial charge in [-0.15, -0.1) is 0 Å². The van der Waals surface area contributed by atoms with E-state index in [4.69, 9.17) is 4.74 Å². The number of rotatable bonds is 0. The third-order valence-corrected chi connectivity index (χ3v) is 2.10. The minimum absolute atomic E-state index is 0.271. The van der Waals surface area contributed by atoms with E-state index in [0.717, 1.165) is 0 Å². The first-order chi connectivity index (χ1) is 6.36. The minimum Gasteiger partial charge on any atom is -0.366 e. The Morgan fingerprint density at radius 3 is 2.38 bits per heavy atom. The fourth-order valence-corrected chi connectivity index (χ4v) is 1.49. The van der Waals surface area contributed by atoms with Gasteiger partial charge < -0.3 is 4.74 Å². The molecule has 0 N–H and O–H groups in total. The maximum Gasteiger partial charge on any atom is 0.0864 e. The van der Waals surface area contributed by atoms with Crippen molar-refractivity contribution in [2.45, 2.75) is 33.0 Å². The highest BCUT2D eigenvalue weighted by atomic mass is 16.5. The zero-order valence-electron chi connectivity index (χ0n) is 8.60. The lowest BCUT2D eigenvalue weighted by atomic mass is 9.94. The van der Waals surface area contributed by atoms with Crippen LogP contribution in [0.2, 0.25) is 0 Å². The van der Waals surface area contributed by atoms with Crippen LogP contribution in [0.1, 0.15) is 20.8 Å². The number of allylic oxidation sites excluding steroid dienone is 2. The highest BCUT2D eigenvalue weighted by Gasteiger charge is 2.21. The van der Waals surface area contributed by atoms with Crippen molar-refractivity contribution in [3.63, 3.8) is 0 Å². The summed E-state index contributed by atoms with van der Waals surface area (Å²) in [6.45, 7) is 6.07. The molecule has 0 spiro atoms. The lowest BCUT2D eigenvalue weighted by molar-refractivity contribution is 0.0265. The molecule has 0 aromatic carbocycles. The molecule has 1 aliphatic heterocycles. The standard InChI is InChI=1S/C10H12O.C2H6/c1-8-6-7-9-4-2-3-5-10(9)11-8;1-2/h2-10H,1H3;1-2H3. The van der Waals surface area contributed by atoms with Crippen LogP contribution in [-0.2, 0) is 4.74 Å². The van der Waals surface area contributed by atoms with E-state index in [1.807, 2.05) is 19.9 Å². The Hall–Kier alpha value is -0.820. The van der Waals surface area contributed by atoms with E-state index in [2.05, 4.69) is 37.3 Å². The van der Waals surface area contributed by atoms with Gasteiger partial charge in [0.05, 0.1) is 12.2 Å². The van der Waals surface area contributed by atoms with Gasteiger partial charge in [0, 0.05) is 5.92 Å². The molecule has 0 saturated carbocycles. The van der Waals surface area contributed by atoms with Crippen molar-refractivity contribution in [3.05, 3.63) is 36.5 Å². The molecular formula is C12H18O. The Balaban J connectivity index is 0.000000396. The van der Waals surface area contributed by atoms with E-state index >= 15 is 0 Å². The molecule has 1 heterocycles. The fourth-order valence-electron chi connectivity index (χ4n) is 1.49. The summed E-state index contributed by atoms with van der Waals surface area (Å²) in [4.78, 5) is 0. The summed E-state index contributed by atoms with van der Waals surface area (Å²) in [7, 11) is 0. The van der Waals surface area contributed by atoms with Crippen molar-refractivity contribution >= 4 is 0 Å². The highest BCUT2D eigenvalue weighted by Crippen LogP contribution is 2.23. The second-order valence-corrected chi connectivity index (χ2v) is 3.04. The van der Waals surface area contributed by atoms with Gasteiger partial charge in [0.25, 0.3) is 0 Å². The van der Waals surface area contributed by atoms with Gasteiger partial charge >= 0.3 is 0 Å². The molecule has 1 nitrogen and oxygen atoms in total. The molecule has 0 amide bonds. The zero-order valence-corrected chi connectivity index (χ0v) is 8.60. The van der Waals surface area contributed by atoms with Crippen LogP contribution in [-0.4, -0.2) is 12.2 Å². The van der Waals surface area contributed by atoms with Crippen molar-refractivity contribution in [1.82, 2.24) is 0 Å². The highest BCUT2D eigenvalue weighted by molar-refractivity contribution is 5.22. The topological polar surface area (TPSA) is 9.23 Å². The maximum atomic E-state index is 5.67. The molecule has 3 atom stereocenters. The maximum absolute atomic E-state index is 5.67. The van der Waals surface area contributed by atoms with Gasteiger partial charge in [-0.2, -0.15) is 0 Å². The molecule has 2 aliphatic rings. The predicted molar refractivity (Wildman–Crippen MR) is 56.6 cm³/mol. The van der Waals surface area contributed by atoms with Crippen LogP contribution in [0, 0.1) is 5.92 Å². The zero-order chi connectivity index (χ0) is 9.68. The molecule has 1 aliphatic carbocycles. The van der Waals surface area contributed by atoms with Gasteiger partial charge in [0.2, 0.25) is 0 Å². The summed E-state index contributed by atoms with van der Waals surface area (Å²) in [5.74, 6) is 0.469. The Kier molecular flexibility index (Phi) is 3.97. The predicted octanol–water partition coefficient (Wildman–Crippen LogP) is 3.10. The first-order valence-corrected chi connectivity index (χ1v) is 5.05. The molecule has 3 unspecified atom stereocenters. The van der Waals surface area contributed by atoms with E-state index < -0.39 is 0 Å². The second kappa shape index (κ2) is 5.03. The summed E-state index contributed by atoms with van der Waals surface area (Å²) in [5.41, 5.74) is 0. The van der Waals surface area contributed by atoms with E-state index in [1.165, 1.54) is 0 Å². The number of hydrogen-bond acceptors (Lipinski definition) is 1. The molecule has 0 radical (unpaired) electrons. The molecule has 13 heavy (non-hydrogen) atoms.